The number of halogens is 2. The molecule has 1 aliphatic rings. The molecule has 1 aromatic heterocycles. The van der Waals surface area contributed by atoms with Crippen LogP contribution in [0.4, 0.5) is 5.69 Å². The Hall–Kier alpha value is -1.73. The molecule has 0 spiro atoms. The largest absolute Gasteiger partial charge is 0.351 e. The lowest BCUT2D eigenvalue weighted by Crippen LogP contribution is -2.25. The second-order valence-corrected chi connectivity index (χ2v) is 5.89. The number of aromatic nitrogens is 1. The highest BCUT2D eigenvalue weighted by atomic mass is 127. The highest BCUT2D eigenvalue weighted by molar-refractivity contribution is 14.1. The van der Waals surface area contributed by atoms with Crippen LogP contribution in [-0.2, 0) is 0 Å². The lowest BCUT2D eigenvalue weighted by atomic mass is 9.97. The van der Waals surface area contributed by atoms with E-state index in [0.717, 1.165) is 0 Å². The van der Waals surface area contributed by atoms with Crippen molar-refractivity contribution in [2.75, 3.05) is 5.32 Å². The first kappa shape index (κ1) is 14.2. The fourth-order valence-electron chi connectivity index (χ4n) is 2.01. The summed E-state index contributed by atoms with van der Waals surface area (Å²) in [6, 6.07) is 10.2. The van der Waals surface area contributed by atoms with Gasteiger partial charge in [0.2, 0.25) is 11.6 Å². The average Bonchev–Trinajstić information content (AvgIpc) is 2.51. The molecule has 0 unspecified atom stereocenters. The number of rotatable bonds is 2. The molecule has 1 aliphatic carbocycles. The summed E-state index contributed by atoms with van der Waals surface area (Å²) in [4.78, 5) is 28.8. The van der Waals surface area contributed by atoms with E-state index in [2.05, 4.69) is 10.3 Å². The molecule has 0 saturated carbocycles. The number of Topliss-reactive ketones (excluding diaryl/α,β-unsaturated/α-hetero) is 2. The fourth-order valence-corrected chi connectivity index (χ4v) is 2.77. The summed E-state index contributed by atoms with van der Waals surface area (Å²) < 4.78 is 0.332. The predicted octanol–water partition coefficient (Wildman–Crippen LogP) is 3.87. The molecule has 2 aromatic rings. The van der Waals surface area contributed by atoms with Crippen LogP contribution in [0.25, 0.3) is 0 Å². The molecule has 1 aromatic carbocycles. The van der Waals surface area contributed by atoms with Crippen LogP contribution in [0.5, 0.6) is 0 Å². The van der Waals surface area contributed by atoms with Crippen LogP contribution in [0.1, 0.15) is 20.8 Å². The Bertz CT molecular complexity index is 785. The molecular weight excluding hydrogens is 403 g/mol. The number of ketones is 2. The summed E-state index contributed by atoms with van der Waals surface area (Å²) in [5.74, 6) is -0.487. The van der Waals surface area contributed by atoms with E-state index in [0.29, 0.717) is 19.9 Å². The Morgan fingerprint density at radius 1 is 1.05 bits per heavy atom. The maximum atomic E-state index is 12.5. The molecule has 0 bridgehead atoms. The molecule has 0 saturated heterocycles. The Morgan fingerprint density at radius 2 is 1.76 bits per heavy atom. The summed E-state index contributed by atoms with van der Waals surface area (Å²) >= 11 is 7.70. The number of nitrogens with zero attached hydrogens (tertiary/aromatic N) is 1. The monoisotopic (exact) mass is 410 g/mol. The van der Waals surface area contributed by atoms with Gasteiger partial charge in [-0.15, -0.1) is 0 Å². The van der Waals surface area contributed by atoms with E-state index in [9.17, 15) is 9.59 Å². The first-order valence-corrected chi connectivity index (χ1v) is 7.50. The molecular formula is C15H8ClIN2O2. The Kier molecular flexibility index (Phi) is 3.77. The maximum Gasteiger partial charge on any atom is 0.220 e. The maximum absolute atomic E-state index is 12.5. The van der Waals surface area contributed by atoms with Gasteiger partial charge in [0.1, 0.15) is 11.4 Å². The molecule has 0 aliphatic heterocycles. The predicted molar refractivity (Wildman–Crippen MR) is 89.0 cm³/mol. The number of hydrogen-bond donors (Lipinski definition) is 1. The van der Waals surface area contributed by atoms with Crippen LogP contribution in [0.2, 0.25) is 5.02 Å². The molecule has 0 amide bonds. The van der Waals surface area contributed by atoms with Crippen molar-refractivity contribution in [3.8, 4) is 0 Å². The zero-order chi connectivity index (χ0) is 15.0. The second-order valence-electron chi connectivity index (χ2n) is 4.38. The van der Waals surface area contributed by atoms with Crippen molar-refractivity contribution in [2.24, 2.45) is 0 Å². The molecule has 21 heavy (non-hydrogen) atoms. The number of carbonyl (C=O) groups is 2. The molecule has 0 atom stereocenters. The van der Waals surface area contributed by atoms with Crippen LogP contribution in [0, 0.1) is 0 Å². The molecule has 1 N–H and O–H groups in total. The van der Waals surface area contributed by atoms with Crippen molar-refractivity contribution >= 4 is 51.4 Å². The number of fused-ring (bicyclic) bond motifs is 1. The third kappa shape index (κ3) is 2.58. The number of carbonyl (C=O) groups excluding carboxylic acids is 2. The van der Waals surface area contributed by atoms with Crippen LogP contribution in [0.15, 0.2) is 51.9 Å². The molecule has 4 nitrogen and oxygen atoms in total. The highest BCUT2D eigenvalue weighted by Gasteiger charge is 2.32. The number of benzene rings is 1. The van der Waals surface area contributed by atoms with Gasteiger partial charge in [-0.05, 0) is 59.0 Å². The van der Waals surface area contributed by atoms with Gasteiger partial charge in [0, 0.05) is 16.9 Å². The summed E-state index contributed by atoms with van der Waals surface area (Å²) in [5, 5.41) is 3.60. The molecule has 6 heteroatoms. The average molecular weight is 411 g/mol. The molecule has 1 heterocycles. The fraction of sp³-hybridized carbons (Fsp3) is 0. The van der Waals surface area contributed by atoms with Crippen molar-refractivity contribution in [2.45, 2.75) is 0 Å². The van der Waals surface area contributed by atoms with E-state index >= 15 is 0 Å². The van der Waals surface area contributed by atoms with Crippen LogP contribution in [-0.4, -0.2) is 16.6 Å². The van der Waals surface area contributed by atoms with Gasteiger partial charge in [-0.3, -0.25) is 14.6 Å². The normalized spacial score (nSPS) is 14.2. The number of pyridine rings is 1. The zero-order valence-electron chi connectivity index (χ0n) is 10.6. The molecule has 3 rings (SSSR count). The molecule has 0 radical (unpaired) electrons. The number of nitrogens with one attached hydrogen (secondary N) is 1. The van der Waals surface area contributed by atoms with E-state index in [1.165, 1.54) is 6.20 Å². The SMILES string of the molecule is O=C1C(Nc2ccc(Cl)cc2)=C(I)C(=O)c2ncccc21. The van der Waals surface area contributed by atoms with E-state index < -0.39 is 0 Å². The van der Waals surface area contributed by atoms with Gasteiger partial charge < -0.3 is 5.32 Å². The Morgan fingerprint density at radius 3 is 2.48 bits per heavy atom. The summed E-state index contributed by atoms with van der Waals surface area (Å²) in [6.07, 6.45) is 1.51. The number of allylic oxidation sites excluding steroid dienone is 2. The van der Waals surface area contributed by atoms with Crippen LogP contribution < -0.4 is 5.32 Å². The first-order chi connectivity index (χ1) is 10.1. The van der Waals surface area contributed by atoms with Crippen LogP contribution in [0.3, 0.4) is 0 Å². The van der Waals surface area contributed by atoms with E-state index in [-0.39, 0.29) is 23.0 Å². The smallest absolute Gasteiger partial charge is 0.220 e. The van der Waals surface area contributed by atoms with Crippen molar-refractivity contribution < 1.29 is 9.59 Å². The lowest BCUT2D eigenvalue weighted by Gasteiger charge is -2.18. The zero-order valence-corrected chi connectivity index (χ0v) is 13.5. The summed E-state index contributed by atoms with van der Waals surface area (Å²) in [7, 11) is 0. The van der Waals surface area contributed by atoms with Gasteiger partial charge in [0.15, 0.2) is 0 Å². The number of anilines is 1. The van der Waals surface area contributed by atoms with E-state index in [1.807, 2.05) is 22.6 Å². The summed E-state index contributed by atoms with van der Waals surface area (Å²) in [6.45, 7) is 0. The third-order valence-corrected chi connectivity index (χ3v) is 4.31. The lowest BCUT2D eigenvalue weighted by molar-refractivity contribution is 0.0980. The highest BCUT2D eigenvalue weighted by Crippen LogP contribution is 2.29. The van der Waals surface area contributed by atoms with Crippen molar-refractivity contribution in [3.05, 3.63) is 68.2 Å². The Balaban J connectivity index is 2.02. The quantitative estimate of drug-likeness (QED) is 0.764. The summed E-state index contributed by atoms with van der Waals surface area (Å²) in [5.41, 5.74) is 1.48. The van der Waals surface area contributed by atoms with Gasteiger partial charge in [0.25, 0.3) is 0 Å². The van der Waals surface area contributed by atoms with Crippen molar-refractivity contribution in [1.82, 2.24) is 4.98 Å². The minimum Gasteiger partial charge on any atom is -0.351 e. The number of hydrogen-bond acceptors (Lipinski definition) is 4. The Labute approximate surface area is 139 Å². The minimum atomic E-state index is -0.248. The van der Waals surface area contributed by atoms with Crippen LogP contribution >= 0.6 is 34.2 Å². The second kappa shape index (κ2) is 5.57. The van der Waals surface area contributed by atoms with Crippen molar-refractivity contribution in [3.63, 3.8) is 0 Å². The van der Waals surface area contributed by atoms with Gasteiger partial charge in [-0.2, -0.15) is 0 Å². The van der Waals surface area contributed by atoms with E-state index in [1.54, 1.807) is 36.4 Å². The van der Waals surface area contributed by atoms with Crippen molar-refractivity contribution in [1.29, 1.82) is 0 Å². The first-order valence-electron chi connectivity index (χ1n) is 6.04. The topological polar surface area (TPSA) is 59.1 Å². The standard InChI is InChI=1S/C15H8ClIN2O2/c16-8-3-5-9(6-4-8)19-13-11(17)15(21)12-10(14(13)20)2-1-7-18-12/h1-7,19H. The van der Waals surface area contributed by atoms with Gasteiger partial charge in [-0.25, -0.2) is 0 Å². The van der Waals surface area contributed by atoms with Gasteiger partial charge >= 0.3 is 0 Å². The minimum absolute atomic E-state index is 0.202. The third-order valence-electron chi connectivity index (χ3n) is 3.03. The van der Waals surface area contributed by atoms with Gasteiger partial charge in [0.05, 0.1) is 9.14 Å². The molecule has 104 valence electrons. The van der Waals surface area contributed by atoms with E-state index in [4.69, 9.17) is 11.6 Å². The van der Waals surface area contributed by atoms with Gasteiger partial charge in [-0.1, -0.05) is 11.6 Å². The molecule has 0 fully saturated rings.